The summed E-state index contributed by atoms with van der Waals surface area (Å²) in [6, 6.07) is 9.31. The van der Waals surface area contributed by atoms with Gasteiger partial charge in [-0.1, -0.05) is 25.1 Å². The highest BCUT2D eigenvalue weighted by molar-refractivity contribution is 5.55. The molecule has 2 rings (SSSR count). The van der Waals surface area contributed by atoms with Gasteiger partial charge < -0.3 is 15.4 Å². The number of para-hydroxylation sites is 1. The summed E-state index contributed by atoms with van der Waals surface area (Å²) in [6.45, 7) is 8.23. The minimum atomic E-state index is 0.194. The van der Waals surface area contributed by atoms with Crippen molar-refractivity contribution in [2.45, 2.75) is 51.8 Å². The molecule has 2 N–H and O–H groups in total. The lowest BCUT2D eigenvalue weighted by molar-refractivity contribution is 0.0299. The van der Waals surface area contributed by atoms with Crippen LogP contribution in [0.5, 0.6) is 0 Å². The molecule has 1 aliphatic heterocycles. The minimum absolute atomic E-state index is 0.194. The third kappa shape index (κ3) is 3.48. The first-order chi connectivity index (χ1) is 9.11. The van der Waals surface area contributed by atoms with Gasteiger partial charge in [0, 0.05) is 18.3 Å². The van der Waals surface area contributed by atoms with Crippen molar-refractivity contribution in [3.05, 3.63) is 29.8 Å². The Morgan fingerprint density at radius 1 is 1.42 bits per heavy atom. The van der Waals surface area contributed by atoms with Crippen molar-refractivity contribution in [1.29, 1.82) is 0 Å². The molecule has 3 atom stereocenters. The lowest BCUT2D eigenvalue weighted by Crippen LogP contribution is -2.49. The molecule has 1 saturated heterocycles. The van der Waals surface area contributed by atoms with Crippen molar-refractivity contribution in [3.8, 4) is 0 Å². The molecule has 0 aliphatic carbocycles. The van der Waals surface area contributed by atoms with Gasteiger partial charge in [0.15, 0.2) is 0 Å². The summed E-state index contributed by atoms with van der Waals surface area (Å²) in [6.07, 6.45) is 2.34. The van der Waals surface area contributed by atoms with Gasteiger partial charge in [0.05, 0.1) is 18.8 Å². The fourth-order valence-corrected chi connectivity index (χ4v) is 2.79. The Hall–Kier alpha value is -1.06. The largest absolute Gasteiger partial charge is 0.375 e. The first kappa shape index (κ1) is 14.4. The summed E-state index contributed by atoms with van der Waals surface area (Å²) in [5.74, 6) is 0. The van der Waals surface area contributed by atoms with Crippen molar-refractivity contribution in [2.24, 2.45) is 5.73 Å². The first-order valence-electron chi connectivity index (χ1n) is 7.33. The summed E-state index contributed by atoms with van der Waals surface area (Å²) in [7, 11) is 0. The molecule has 0 radical (unpaired) electrons. The summed E-state index contributed by atoms with van der Waals surface area (Å²) in [5.41, 5.74) is 8.66. The van der Waals surface area contributed by atoms with Crippen LogP contribution in [0, 0.1) is 0 Å². The van der Waals surface area contributed by atoms with Crippen LogP contribution in [0.2, 0.25) is 0 Å². The van der Waals surface area contributed by atoms with Crippen molar-refractivity contribution in [1.82, 2.24) is 0 Å². The van der Waals surface area contributed by atoms with E-state index in [1.54, 1.807) is 0 Å². The summed E-state index contributed by atoms with van der Waals surface area (Å²) >= 11 is 0. The second kappa shape index (κ2) is 6.40. The number of nitrogens with two attached hydrogens (primary N) is 1. The third-order valence-electron chi connectivity index (χ3n) is 3.78. The van der Waals surface area contributed by atoms with Crippen LogP contribution in [0.15, 0.2) is 24.3 Å². The van der Waals surface area contributed by atoms with Gasteiger partial charge in [0.2, 0.25) is 0 Å². The molecule has 3 heteroatoms. The molecule has 106 valence electrons. The van der Waals surface area contributed by atoms with E-state index in [0.717, 1.165) is 26.0 Å². The van der Waals surface area contributed by atoms with E-state index in [-0.39, 0.29) is 6.04 Å². The molecule has 0 spiro atoms. The van der Waals surface area contributed by atoms with E-state index < -0.39 is 0 Å². The molecule has 3 unspecified atom stereocenters. The van der Waals surface area contributed by atoms with Gasteiger partial charge in [0.1, 0.15) is 0 Å². The van der Waals surface area contributed by atoms with Crippen LogP contribution < -0.4 is 10.6 Å². The maximum absolute atomic E-state index is 5.97. The van der Waals surface area contributed by atoms with Gasteiger partial charge in [-0.3, -0.25) is 0 Å². The number of hydrogen-bond donors (Lipinski definition) is 1. The zero-order valence-electron chi connectivity index (χ0n) is 12.3. The van der Waals surface area contributed by atoms with Gasteiger partial charge in [-0.25, -0.2) is 0 Å². The zero-order chi connectivity index (χ0) is 13.8. The van der Waals surface area contributed by atoms with Gasteiger partial charge in [0.25, 0.3) is 0 Å². The van der Waals surface area contributed by atoms with Crippen molar-refractivity contribution >= 4 is 5.69 Å². The molecular weight excluding hydrogens is 236 g/mol. The van der Waals surface area contributed by atoms with E-state index in [1.165, 1.54) is 11.3 Å². The average molecular weight is 262 g/mol. The molecule has 0 amide bonds. The van der Waals surface area contributed by atoms with Crippen LogP contribution in [0.4, 0.5) is 5.69 Å². The Balaban J connectivity index is 2.27. The van der Waals surface area contributed by atoms with Gasteiger partial charge in [-0.2, -0.15) is 0 Å². The van der Waals surface area contributed by atoms with Crippen LogP contribution in [-0.2, 0) is 11.2 Å². The number of morpholine rings is 1. The normalized spacial score (nSPS) is 25.4. The molecular formula is C16H26N2O. The number of hydrogen-bond acceptors (Lipinski definition) is 3. The van der Waals surface area contributed by atoms with Crippen molar-refractivity contribution in [3.63, 3.8) is 0 Å². The molecule has 1 fully saturated rings. The maximum Gasteiger partial charge on any atom is 0.0723 e. The van der Waals surface area contributed by atoms with Crippen LogP contribution in [-0.4, -0.2) is 31.3 Å². The van der Waals surface area contributed by atoms with Crippen molar-refractivity contribution in [2.75, 3.05) is 18.1 Å². The number of benzene rings is 1. The van der Waals surface area contributed by atoms with Crippen LogP contribution in [0.1, 0.15) is 32.8 Å². The van der Waals surface area contributed by atoms with E-state index in [4.69, 9.17) is 10.5 Å². The molecule has 0 aromatic heterocycles. The highest BCUT2D eigenvalue weighted by Crippen LogP contribution is 2.27. The predicted molar refractivity (Wildman–Crippen MR) is 80.6 cm³/mol. The fourth-order valence-electron chi connectivity index (χ4n) is 2.79. The molecule has 1 aliphatic rings. The third-order valence-corrected chi connectivity index (χ3v) is 3.78. The minimum Gasteiger partial charge on any atom is -0.375 e. The van der Waals surface area contributed by atoms with E-state index in [2.05, 4.69) is 49.9 Å². The lowest BCUT2D eigenvalue weighted by Gasteiger charge is -2.41. The first-order valence-corrected chi connectivity index (χ1v) is 7.33. The molecule has 0 bridgehead atoms. The standard InChI is InChI=1S/C16H26N2O/c1-4-15-11-19-13(3)10-18(15)16-8-6-5-7-14(16)9-12(2)17/h5-8,12-13,15H,4,9-11,17H2,1-3H3. The molecule has 1 aromatic rings. The molecule has 1 heterocycles. The van der Waals surface area contributed by atoms with E-state index in [0.29, 0.717) is 12.1 Å². The molecule has 1 aromatic carbocycles. The number of rotatable bonds is 4. The molecule has 0 saturated carbocycles. The fraction of sp³-hybridized carbons (Fsp3) is 0.625. The topological polar surface area (TPSA) is 38.5 Å². The molecule has 19 heavy (non-hydrogen) atoms. The Bertz CT molecular complexity index is 405. The van der Waals surface area contributed by atoms with E-state index in [1.807, 2.05) is 0 Å². The highest BCUT2D eigenvalue weighted by atomic mass is 16.5. The zero-order valence-corrected chi connectivity index (χ0v) is 12.3. The predicted octanol–water partition coefficient (Wildman–Crippen LogP) is 2.58. The number of ether oxygens (including phenoxy) is 1. The Morgan fingerprint density at radius 3 is 2.84 bits per heavy atom. The van der Waals surface area contributed by atoms with Crippen LogP contribution in [0.3, 0.4) is 0 Å². The van der Waals surface area contributed by atoms with Gasteiger partial charge in [-0.05, 0) is 38.3 Å². The SMILES string of the molecule is CCC1COC(C)CN1c1ccccc1CC(C)N. The Labute approximate surface area is 116 Å². The van der Waals surface area contributed by atoms with Crippen molar-refractivity contribution < 1.29 is 4.74 Å². The summed E-state index contributed by atoms with van der Waals surface area (Å²) < 4.78 is 5.79. The lowest BCUT2D eigenvalue weighted by atomic mass is 10.0. The van der Waals surface area contributed by atoms with Crippen LogP contribution in [0.25, 0.3) is 0 Å². The highest BCUT2D eigenvalue weighted by Gasteiger charge is 2.27. The second-order valence-corrected chi connectivity index (χ2v) is 5.67. The Morgan fingerprint density at radius 2 is 2.16 bits per heavy atom. The van der Waals surface area contributed by atoms with Crippen LogP contribution >= 0.6 is 0 Å². The monoisotopic (exact) mass is 262 g/mol. The number of nitrogens with zero attached hydrogens (tertiary/aromatic N) is 1. The van der Waals surface area contributed by atoms with E-state index in [9.17, 15) is 0 Å². The smallest absolute Gasteiger partial charge is 0.0723 e. The van der Waals surface area contributed by atoms with Gasteiger partial charge >= 0.3 is 0 Å². The number of anilines is 1. The average Bonchev–Trinajstić information content (AvgIpc) is 2.38. The van der Waals surface area contributed by atoms with E-state index >= 15 is 0 Å². The van der Waals surface area contributed by atoms with Gasteiger partial charge in [-0.15, -0.1) is 0 Å². The second-order valence-electron chi connectivity index (χ2n) is 5.67. The molecule has 3 nitrogen and oxygen atoms in total. The summed E-state index contributed by atoms with van der Waals surface area (Å²) in [5, 5.41) is 0. The maximum atomic E-state index is 5.97. The Kier molecular flexibility index (Phi) is 4.83. The summed E-state index contributed by atoms with van der Waals surface area (Å²) in [4.78, 5) is 2.51. The quantitative estimate of drug-likeness (QED) is 0.906.